The van der Waals surface area contributed by atoms with Crippen LogP contribution in [0.3, 0.4) is 0 Å². The van der Waals surface area contributed by atoms with E-state index in [-0.39, 0.29) is 29.5 Å². The zero-order chi connectivity index (χ0) is 22.8. The van der Waals surface area contributed by atoms with Gasteiger partial charge in [-0.05, 0) is 43.7 Å². The van der Waals surface area contributed by atoms with Gasteiger partial charge >= 0.3 is 0 Å². The number of benzene rings is 1. The highest BCUT2D eigenvalue weighted by atomic mass is 31.1. The van der Waals surface area contributed by atoms with Crippen molar-refractivity contribution >= 4 is 41.1 Å². The fraction of sp³-hybridized carbons (Fsp3) is 0.609. The van der Waals surface area contributed by atoms with E-state index in [0.29, 0.717) is 5.92 Å². The molecule has 3 unspecified atom stereocenters. The smallest absolute Gasteiger partial charge is 0.237 e. The maximum atomic E-state index is 13.0. The largest absolute Gasteiger partial charge is 0.393 e. The van der Waals surface area contributed by atoms with Crippen LogP contribution in [0, 0.1) is 5.92 Å². The highest BCUT2D eigenvalue weighted by Gasteiger charge is 2.31. The van der Waals surface area contributed by atoms with E-state index >= 15 is 0 Å². The molecule has 9 heteroatoms. The van der Waals surface area contributed by atoms with Gasteiger partial charge in [0.05, 0.1) is 23.3 Å². The van der Waals surface area contributed by atoms with E-state index in [4.69, 9.17) is 0 Å². The normalized spacial score (nSPS) is 24.1. The molecule has 2 fully saturated rings. The van der Waals surface area contributed by atoms with Gasteiger partial charge in [-0.25, -0.2) is 0 Å². The van der Waals surface area contributed by atoms with Crippen LogP contribution >= 0.6 is 18.5 Å². The fourth-order valence-electron chi connectivity index (χ4n) is 5.00. The van der Waals surface area contributed by atoms with Crippen molar-refractivity contribution in [3.05, 3.63) is 30.1 Å². The van der Waals surface area contributed by atoms with Gasteiger partial charge in [-0.2, -0.15) is 0 Å². The average Bonchev–Trinajstić information content (AvgIpc) is 2.77. The van der Waals surface area contributed by atoms with Gasteiger partial charge in [0.25, 0.3) is 0 Å². The number of carbonyl (C=O) groups is 1. The molecule has 2 aliphatic heterocycles. The first kappa shape index (κ1) is 23.8. The predicted molar refractivity (Wildman–Crippen MR) is 136 cm³/mol. The summed E-state index contributed by atoms with van der Waals surface area (Å²) in [4.78, 5) is 26.8. The van der Waals surface area contributed by atoms with E-state index in [1.165, 1.54) is 0 Å². The van der Waals surface area contributed by atoms with Gasteiger partial charge in [-0.15, -0.1) is 18.5 Å². The van der Waals surface area contributed by atoms with Crippen LogP contribution in [0.2, 0.25) is 0 Å². The Morgan fingerprint density at radius 1 is 1.16 bits per heavy atom. The number of likely N-dealkylation sites (tertiary alicyclic amines) is 1. The molecule has 1 aromatic heterocycles. The molecule has 32 heavy (non-hydrogen) atoms. The van der Waals surface area contributed by atoms with E-state index in [1.807, 2.05) is 6.92 Å². The molecular formula is C23H35N5O2P2. The number of hydrogen-bond acceptors (Lipinski definition) is 6. The first-order valence-corrected chi connectivity index (χ1v) is 12.9. The molecule has 2 aliphatic rings. The van der Waals surface area contributed by atoms with Crippen LogP contribution < -0.4 is 10.2 Å². The maximum Gasteiger partial charge on any atom is 0.237 e. The summed E-state index contributed by atoms with van der Waals surface area (Å²) in [6.45, 7) is 7.45. The van der Waals surface area contributed by atoms with Crippen molar-refractivity contribution in [2.24, 2.45) is 5.92 Å². The monoisotopic (exact) mass is 475 g/mol. The van der Waals surface area contributed by atoms with E-state index < -0.39 is 0 Å². The summed E-state index contributed by atoms with van der Waals surface area (Å²) in [5.41, 5.74) is 4.07. The molecule has 7 nitrogen and oxygen atoms in total. The third kappa shape index (κ3) is 5.22. The molecule has 0 bridgehead atoms. The fourth-order valence-corrected chi connectivity index (χ4v) is 5.54. The van der Waals surface area contributed by atoms with Crippen LogP contribution in [0.5, 0.6) is 0 Å². The standard InChI is InChI=1S/C23H35N5O2P2/c1-14-11-16(26-22(30)15(2)27-9-5-17(29)6-10-27)13-28(12-14)19-4-3-18(23(31)32)20-21(19)25-8-7-24-20/h3-4,7-8,14-17,23,29H,5-6,9-13,31-32H2,1-2H3,(H,26,30)/t14-,15?,16+/m0/s1. The maximum absolute atomic E-state index is 13.0. The van der Waals surface area contributed by atoms with Crippen LogP contribution in [0.15, 0.2) is 24.5 Å². The van der Waals surface area contributed by atoms with Crippen LogP contribution in [0.4, 0.5) is 5.69 Å². The number of nitrogens with one attached hydrogen (secondary N) is 1. The summed E-state index contributed by atoms with van der Waals surface area (Å²) in [6, 6.07) is 4.19. The van der Waals surface area contributed by atoms with E-state index in [2.05, 4.69) is 62.6 Å². The quantitative estimate of drug-likeness (QED) is 0.647. The Balaban J connectivity index is 1.49. The summed E-state index contributed by atoms with van der Waals surface area (Å²) >= 11 is 0. The molecule has 1 amide bonds. The second kappa shape index (κ2) is 10.3. The lowest BCUT2D eigenvalue weighted by Gasteiger charge is -2.40. The minimum absolute atomic E-state index is 0.0781. The van der Waals surface area contributed by atoms with Crippen molar-refractivity contribution < 1.29 is 9.90 Å². The molecule has 0 spiro atoms. The number of aromatic nitrogens is 2. The van der Waals surface area contributed by atoms with Crippen LogP contribution in [0.25, 0.3) is 11.0 Å². The van der Waals surface area contributed by atoms with Gasteiger partial charge < -0.3 is 15.3 Å². The molecule has 4 rings (SSSR count). The number of piperidine rings is 2. The Morgan fingerprint density at radius 2 is 1.84 bits per heavy atom. The Hall–Kier alpha value is -1.39. The lowest BCUT2D eigenvalue weighted by atomic mass is 9.94. The molecule has 0 aliphatic carbocycles. The van der Waals surface area contributed by atoms with E-state index in [1.54, 1.807) is 12.4 Å². The van der Waals surface area contributed by atoms with E-state index in [0.717, 1.165) is 67.7 Å². The zero-order valence-electron chi connectivity index (χ0n) is 18.9. The summed E-state index contributed by atoms with van der Waals surface area (Å²) in [5, 5.41) is 13.3. The Labute approximate surface area is 195 Å². The average molecular weight is 476 g/mol. The van der Waals surface area contributed by atoms with Gasteiger partial charge in [-0.1, -0.05) is 13.0 Å². The number of aliphatic hydroxyl groups excluding tert-OH is 1. The zero-order valence-corrected chi connectivity index (χ0v) is 21.3. The van der Waals surface area contributed by atoms with Crippen molar-refractivity contribution in [2.45, 2.75) is 56.7 Å². The molecule has 3 heterocycles. The topological polar surface area (TPSA) is 81.6 Å². The van der Waals surface area contributed by atoms with Crippen molar-refractivity contribution in [3.8, 4) is 0 Å². The lowest BCUT2D eigenvalue weighted by Crippen LogP contribution is -2.55. The number of anilines is 1. The van der Waals surface area contributed by atoms with Gasteiger partial charge in [0, 0.05) is 50.0 Å². The van der Waals surface area contributed by atoms with Crippen LogP contribution in [0.1, 0.15) is 44.1 Å². The minimum atomic E-state index is -0.230. The highest BCUT2D eigenvalue weighted by Crippen LogP contribution is 2.37. The number of carbonyl (C=O) groups excluding carboxylic acids is 1. The summed E-state index contributed by atoms with van der Waals surface area (Å²) in [5.74, 6) is 0.534. The van der Waals surface area contributed by atoms with Gasteiger partial charge in [0.15, 0.2) is 0 Å². The molecule has 2 N–H and O–H groups in total. The van der Waals surface area contributed by atoms with Crippen LogP contribution in [-0.4, -0.2) is 70.2 Å². The summed E-state index contributed by atoms with van der Waals surface area (Å²) in [6.07, 6.45) is 5.71. The second-order valence-electron chi connectivity index (χ2n) is 9.35. The Kier molecular flexibility index (Phi) is 7.62. The molecule has 2 aromatic rings. The molecule has 174 valence electrons. The third-order valence-corrected chi connectivity index (χ3v) is 7.49. The van der Waals surface area contributed by atoms with Gasteiger partial charge in [0.2, 0.25) is 5.91 Å². The Morgan fingerprint density at radius 3 is 2.53 bits per heavy atom. The number of aliphatic hydroxyl groups is 1. The minimum Gasteiger partial charge on any atom is -0.393 e. The van der Waals surface area contributed by atoms with Crippen LogP contribution in [-0.2, 0) is 4.79 Å². The van der Waals surface area contributed by atoms with Crippen molar-refractivity contribution in [1.82, 2.24) is 20.2 Å². The molecular weight excluding hydrogens is 440 g/mol. The lowest BCUT2D eigenvalue weighted by molar-refractivity contribution is -0.127. The Bertz CT molecular complexity index is 951. The summed E-state index contributed by atoms with van der Waals surface area (Å²) in [7, 11) is 5.62. The van der Waals surface area contributed by atoms with Gasteiger partial charge in [-0.3, -0.25) is 19.7 Å². The number of amides is 1. The molecule has 0 saturated carbocycles. The molecule has 1 aromatic carbocycles. The van der Waals surface area contributed by atoms with Crippen molar-refractivity contribution in [3.63, 3.8) is 0 Å². The van der Waals surface area contributed by atoms with Gasteiger partial charge in [0.1, 0.15) is 5.52 Å². The highest BCUT2D eigenvalue weighted by molar-refractivity contribution is 7.37. The molecule has 2 saturated heterocycles. The summed E-state index contributed by atoms with van der Waals surface area (Å²) < 4.78 is 0. The third-order valence-electron chi connectivity index (χ3n) is 6.77. The van der Waals surface area contributed by atoms with Crippen molar-refractivity contribution in [2.75, 3.05) is 31.1 Å². The number of fused-ring (bicyclic) bond motifs is 1. The van der Waals surface area contributed by atoms with Crippen molar-refractivity contribution in [1.29, 1.82) is 0 Å². The second-order valence-corrected chi connectivity index (χ2v) is 11.6. The predicted octanol–water partition coefficient (Wildman–Crippen LogP) is 2.55. The SMILES string of the molecule is CC(C(=O)N[C@@H]1C[C@H](C)CN(c2ccc(C(P)P)c3nccnc23)C1)N1CCC(O)CC1. The van der Waals surface area contributed by atoms with E-state index in [9.17, 15) is 9.90 Å². The first-order valence-electron chi connectivity index (χ1n) is 11.6. The number of rotatable bonds is 5. The first-order chi connectivity index (χ1) is 15.3. The number of nitrogens with zero attached hydrogens (tertiary/aromatic N) is 4. The molecule has 0 radical (unpaired) electrons. The molecule has 5 atom stereocenters. The number of hydrogen-bond donors (Lipinski definition) is 2.